The van der Waals surface area contributed by atoms with E-state index < -0.39 is 0 Å². The third-order valence-electron chi connectivity index (χ3n) is 7.01. The van der Waals surface area contributed by atoms with E-state index in [2.05, 4.69) is 28.9 Å². The summed E-state index contributed by atoms with van der Waals surface area (Å²) >= 11 is 0. The minimum atomic E-state index is 0.456. The van der Waals surface area contributed by atoms with Gasteiger partial charge in [-0.15, -0.1) is 0 Å². The van der Waals surface area contributed by atoms with Crippen LogP contribution in [0.5, 0.6) is 11.5 Å². The van der Waals surface area contributed by atoms with Crippen LogP contribution >= 0.6 is 0 Å². The highest BCUT2D eigenvalue weighted by atomic mass is 16.5. The second-order valence-corrected chi connectivity index (χ2v) is 8.33. The first kappa shape index (κ1) is 18.1. The van der Waals surface area contributed by atoms with Gasteiger partial charge in [-0.1, -0.05) is 6.42 Å². The van der Waals surface area contributed by atoms with Crippen LogP contribution in [0.15, 0.2) is 12.1 Å². The van der Waals surface area contributed by atoms with Crippen LogP contribution in [0.25, 0.3) is 0 Å². The van der Waals surface area contributed by atoms with Crippen molar-refractivity contribution in [2.24, 2.45) is 5.92 Å². The molecule has 0 bridgehead atoms. The van der Waals surface area contributed by atoms with Crippen molar-refractivity contribution in [1.82, 2.24) is 9.80 Å². The van der Waals surface area contributed by atoms with Gasteiger partial charge in [0, 0.05) is 25.2 Å². The number of hydrogen-bond acceptors (Lipinski definition) is 4. The summed E-state index contributed by atoms with van der Waals surface area (Å²) in [5, 5.41) is 0. The van der Waals surface area contributed by atoms with Gasteiger partial charge >= 0.3 is 0 Å². The van der Waals surface area contributed by atoms with Crippen LogP contribution in [-0.4, -0.2) is 56.2 Å². The number of benzene rings is 1. The summed E-state index contributed by atoms with van der Waals surface area (Å²) in [4.78, 5) is 5.51. The molecule has 0 radical (unpaired) electrons. The predicted octanol–water partition coefficient (Wildman–Crippen LogP) is 3.89. The minimum absolute atomic E-state index is 0.456. The fourth-order valence-electron chi connectivity index (χ4n) is 5.54. The molecule has 4 rings (SSSR count). The molecule has 0 N–H and O–H groups in total. The molecule has 2 fully saturated rings. The molecule has 3 unspecified atom stereocenters. The average molecular weight is 359 g/mol. The Balaban J connectivity index is 1.51. The molecular weight excluding hydrogens is 324 g/mol. The van der Waals surface area contributed by atoms with E-state index in [-0.39, 0.29) is 0 Å². The van der Waals surface area contributed by atoms with Crippen molar-refractivity contribution in [3.63, 3.8) is 0 Å². The first-order valence-corrected chi connectivity index (χ1v) is 10.4. The second kappa shape index (κ2) is 7.77. The van der Waals surface area contributed by atoms with Gasteiger partial charge in [0.25, 0.3) is 0 Å². The van der Waals surface area contributed by atoms with E-state index in [1.807, 2.05) is 0 Å². The van der Waals surface area contributed by atoms with Gasteiger partial charge in [0.05, 0.1) is 14.2 Å². The van der Waals surface area contributed by atoms with Gasteiger partial charge in [0.15, 0.2) is 11.5 Å². The zero-order chi connectivity index (χ0) is 18.1. The van der Waals surface area contributed by atoms with E-state index >= 15 is 0 Å². The first-order chi connectivity index (χ1) is 12.7. The van der Waals surface area contributed by atoms with E-state index in [9.17, 15) is 0 Å². The maximum atomic E-state index is 5.56. The number of ether oxygens (including phenoxy) is 2. The molecule has 0 saturated carbocycles. The molecular formula is C22H34N2O2. The molecule has 0 spiro atoms. The van der Waals surface area contributed by atoms with Gasteiger partial charge in [0.1, 0.15) is 0 Å². The standard InChI is InChI=1S/C22H34N2O2/c1-16-19-14-22(26-3)21(25-2)13-17(19)9-12-24(16)15-18-7-6-11-23-10-5-4-8-20(18)23/h13-14,16,18,20H,4-12,15H2,1-3H3. The van der Waals surface area contributed by atoms with Gasteiger partial charge in [-0.3, -0.25) is 4.90 Å². The van der Waals surface area contributed by atoms with Crippen molar-refractivity contribution in [2.75, 3.05) is 40.4 Å². The quantitative estimate of drug-likeness (QED) is 0.815. The van der Waals surface area contributed by atoms with E-state index in [0.717, 1.165) is 36.4 Å². The molecule has 3 aliphatic rings. The monoisotopic (exact) mass is 358 g/mol. The summed E-state index contributed by atoms with van der Waals surface area (Å²) in [6.07, 6.45) is 8.13. The predicted molar refractivity (Wildman–Crippen MR) is 105 cm³/mol. The molecule has 0 amide bonds. The molecule has 4 nitrogen and oxygen atoms in total. The number of methoxy groups -OCH3 is 2. The highest BCUT2D eigenvalue weighted by Crippen LogP contribution is 2.39. The number of piperidine rings is 2. The smallest absolute Gasteiger partial charge is 0.161 e. The maximum absolute atomic E-state index is 5.56. The minimum Gasteiger partial charge on any atom is -0.493 e. The van der Waals surface area contributed by atoms with Crippen LogP contribution in [0, 0.1) is 5.92 Å². The number of hydrogen-bond donors (Lipinski definition) is 0. The van der Waals surface area contributed by atoms with Crippen LogP contribution in [0.2, 0.25) is 0 Å². The fourth-order valence-corrected chi connectivity index (χ4v) is 5.54. The summed E-state index contributed by atoms with van der Waals surface area (Å²) in [5.74, 6) is 2.56. The lowest BCUT2D eigenvalue weighted by Gasteiger charge is -2.47. The number of rotatable bonds is 4. The Morgan fingerprint density at radius 2 is 1.73 bits per heavy atom. The zero-order valence-electron chi connectivity index (χ0n) is 16.7. The lowest BCUT2D eigenvalue weighted by molar-refractivity contribution is 0.0314. The normalized spacial score (nSPS) is 29.7. The van der Waals surface area contributed by atoms with Crippen LogP contribution in [0.1, 0.15) is 56.2 Å². The molecule has 26 heavy (non-hydrogen) atoms. The Hall–Kier alpha value is -1.26. The Labute approximate surface area is 158 Å². The van der Waals surface area contributed by atoms with Gasteiger partial charge in [-0.2, -0.15) is 0 Å². The molecule has 3 aliphatic heterocycles. The molecule has 3 heterocycles. The number of nitrogens with zero attached hydrogens (tertiary/aromatic N) is 2. The van der Waals surface area contributed by atoms with Crippen LogP contribution in [-0.2, 0) is 6.42 Å². The maximum Gasteiger partial charge on any atom is 0.161 e. The van der Waals surface area contributed by atoms with Crippen molar-refractivity contribution >= 4 is 0 Å². The molecule has 0 aliphatic carbocycles. The summed E-state index contributed by atoms with van der Waals surface area (Å²) in [6, 6.07) is 5.68. The van der Waals surface area contributed by atoms with Gasteiger partial charge in [-0.05, 0) is 81.3 Å². The summed E-state index contributed by atoms with van der Waals surface area (Å²) in [5.41, 5.74) is 2.85. The van der Waals surface area contributed by atoms with E-state index in [0.29, 0.717) is 6.04 Å². The molecule has 1 aromatic rings. The summed E-state index contributed by atoms with van der Waals surface area (Å²) < 4.78 is 11.1. The highest BCUT2D eigenvalue weighted by molar-refractivity contribution is 5.49. The van der Waals surface area contributed by atoms with Crippen molar-refractivity contribution in [2.45, 2.75) is 57.5 Å². The van der Waals surface area contributed by atoms with Crippen LogP contribution in [0.3, 0.4) is 0 Å². The van der Waals surface area contributed by atoms with Gasteiger partial charge in [0.2, 0.25) is 0 Å². The summed E-state index contributed by atoms with van der Waals surface area (Å²) in [6.45, 7) is 7.43. The third kappa shape index (κ3) is 3.34. The Bertz CT molecular complexity index is 631. The average Bonchev–Trinajstić information content (AvgIpc) is 2.69. The van der Waals surface area contributed by atoms with E-state index in [1.54, 1.807) is 14.2 Å². The topological polar surface area (TPSA) is 24.9 Å². The lowest BCUT2D eigenvalue weighted by atomic mass is 9.82. The van der Waals surface area contributed by atoms with E-state index in [4.69, 9.17) is 9.47 Å². The van der Waals surface area contributed by atoms with Gasteiger partial charge in [-0.25, -0.2) is 0 Å². The fraction of sp³-hybridized carbons (Fsp3) is 0.727. The molecule has 1 aromatic carbocycles. The SMILES string of the molecule is COc1cc2c(cc1OC)C(C)N(CC1CCCN3CCCCC13)CC2. The number of fused-ring (bicyclic) bond motifs is 2. The van der Waals surface area contributed by atoms with Crippen LogP contribution < -0.4 is 9.47 Å². The van der Waals surface area contributed by atoms with Crippen molar-refractivity contribution in [3.8, 4) is 11.5 Å². The second-order valence-electron chi connectivity index (χ2n) is 8.33. The molecule has 4 heteroatoms. The third-order valence-corrected chi connectivity index (χ3v) is 7.01. The zero-order valence-corrected chi connectivity index (χ0v) is 16.7. The van der Waals surface area contributed by atoms with Crippen molar-refractivity contribution in [1.29, 1.82) is 0 Å². The largest absolute Gasteiger partial charge is 0.493 e. The van der Waals surface area contributed by atoms with Crippen molar-refractivity contribution < 1.29 is 9.47 Å². The first-order valence-electron chi connectivity index (χ1n) is 10.4. The Morgan fingerprint density at radius 3 is 2.54 bits per heavy atom. The van der Waals surface area contributed by atoms with Crippen LogP contribution in [0.4, 0.5) is 0 Å². The molecule has 2 saturated heterocycles. The highest BCUT2D eigenvalue weighted by Gasteiger charge is 2.35. The molecule has 0 aromatic heterocycles. The summed E-state index contributed by atoms with van der Waals surface area (Å²) in [7, 11) is 3.46. The molecule has 3 atom stereocenters. The van der Waals surface area contributed by atoms with E-state index in [1.165, 1.54) is 62.9 Å². The van der Waals surface area contributed by atoms with Gasteiger partial charge < -0.3 is 14.4 Å². The molecule has 144 valence electrons. The Kier molecular flexibility index (Phi) is 5.42. The Morgan fingerprint density at radius 1 is 0.962 bits per heavy atom. The van der Waals surface area contributed by atoms with Crippen molar-refractivity contribution in [3.05, 3.63) is 23.3 Å². The lowest BCUT2D eigenvalue weighted by Crippen LogP contribution is -2.51.